The fourth-order valence-corrected chi connectivity index (χ4v) is 7.18. The molecule has 3 amide bonds. The number of rotatable bonds is 17. The third kappa shape index (κ3) is 11.5. The first-order chi connectivity index (χ1) is 28.2. The average molecular weight is 789 g/mol. The van der Waals surface area contributed by atoms with Gasteiger partial charge in [0.05, 0.1) is 24.0 Å². The zero-order valence-corrected chi connectivity index (χ0v) is 33.1. The molecule has 1 aliphatic heterocycles. The number of carbonyl (C=O) groups excluding carboxylic acids is 3. The largest absolute Gasteiger partial charge is 0.506 e. The van der Waals surface area contributed by atoms with Crippen LogP contribution in [0.15, 0.2) is 102 Å². The number of phenolic OH excluding ortho intramolecular Hbond substituents is 1. The van der Waals surface area contributed by atoms with Crippen molar-refractivity contribution in [3.63, 3.8) is 0 Å². The van der Waals surface area contributed by atoms with Crippen molar-refractivity contribution in [2.45, 2.75) is 51.2 Å². The molecule has 2 heterocycles. The highest BCUT2D eigenvalue weighted by Crippen LogP contribution is 2.29. The van der Waals surface area contributed by atoms with Crippen molar-refractivity contribution >= 4 is 40.2 Å². The standard InChI is InChI=1S/C45H52N6O7/c1-50(43(55)23-28-51-26-21-34(22-27-51)58-45(56)48-37-12-7-6-11-35(37)32-9-4-3-5-10-32)25-8-13-41(53)47-38-17-14-31(29-40(38)57-2)30-46-24-20-33-15-18-39(52)44-36(33)16-19-42(54)49-44/h3-7,9-12,14-19,29,34,46,52H,8,13,20-28,30H2,1-2H3,(H,47,53)(H,48,56)(H,49,54). The summed E-state index contributed by atoms with van der Waals surface area (Å²) in [5.41, 5.74) is 5.38. The quantitative estimate of drug-likeness (QED) is 0.0660. The molecule has 4 aromatic carbocycles. The highest BCUT2D eigenvalue weighted by Gasteiger charge is 2.24. The number of piperidine rings is 1. The van der Waals surface area contributed by atoms with E-state index in [-0.39, 0.29) is 35.6 Å². The number of anilines is 2. The summed E-state index contributed by atoms with van der Waals surface area (Å²) in [6, 6.07) is 29.8. The maximum atomic E-state index is 12.9. The van der Waals surface area contributed by atoms with Gasteiger partial charge in [-0.05, 0) is 79.3 Å². The minimum Gasteiger partial charge on any atom is -0.506 e. The van der Waals surface area contributed by atoms with E-state index < -0.39 is 6.09 Å². The van der Waals surface area contributed by atoms with Crippen LogP contribution in [0, 0.1) is 0 Å². The van der Waals surface area contributed by atoms with Gasteiger partial charge in [0, 0.05) is 69.6 Å². The Kier molecular flexibility index (Phi) is 14.5. The molecule has 5 N–H and O–H groups in total. The lowest BCUT2D eigenvalue weighted by molar-refractivity contribution is -0.130. The Morgan fingerprint density at radius 3 is 2.47 bits per heavy atom. The molecule has 0 aliphatic carbocycles. The van der Waals surface area contributed by atoms with Crippen LogP contribution in [0.5, 0.6) is 11.5 Å². The molecular weight excluding hydrogens is 737 g/mol. The number of nitrogens with one attached hydrogen (secondary N) is 4. The highest BCUT2D eigenvalue weighted by atomic mass is 16.6. The first-order valence-corrected chi connectivity index (χ1v) is 19.8. The number of pyridine rings is 1. The van der Waals surface area contributed by atoms with Gasteiger partial charge in [-0.15, -0.1) is 0 Å². The second kappa shape index (κ2) is 20.3. The van der Waals surface area contributed by atoms with Crippen molar-refractivity contribution in [1.82, 2.24) is 20.1 Å². The number of hydrogen-bond donors (Lipinski definition) is 5. The van der Waals surface area contributed by atoms with Crippen LogP contribution in [0.1, 0.15) is 43.2 Å². The number of methoxy groups -OCH3 is 1. The van der Waals surface area contributed by atoms with Gasteiger partial charge in [0.15, 0.2) is 0 Å². The minimum absolute atomic E-state index is 0.0221. The van der Waals surface area contributed by atoms with Gasteiger partial charge in [-0.25, -0.2) is 4.79 Å². The Balaban J connectivity index is 0.851. The van der Waals surface area contributed by atoms with E-state index in [1.165, 1.54) is 6.07 Å². The summed E-state index contributed by atoms with van der Waals surface area (Å²) in [4.78, 5) is 56.8. The predicted molar refractivity (Wildman–Crippen MR) is 226 cm³/mol. The Bertz CT molecular complexity index is 2240. The van der Waals surface area contributed by atoms with Crippen molar-refractivity contribution in [3.8, 4) is 22.6 Å². The van der Waals surface area contributed by atoms with Crippen molar-refractivity contribution in [2.24, 2.45) is 0 Å². The van der Waals surface area contributed by atoms with Gasteiger partial charge < -0.3 is 40.0 Å². The molecule has 5 aromatic rings. The fraction of sp³-hybridized carbons (Fsp3) is 0.333. The molecule has 0 radical (unpaired) electrons. The van der Waals surface area contributed by atoms with Crippen molar-refractivity contribution in [2.75, 3.05) is 57.5 Å². The van der Waals surface area contributed by atoms with E-state index >= 15 is 0 Å². The molecule has 1 aromatic heterocycles. The van der Waals surface area contributed by atoms with Crippen LogP contribution < -0.4 is 26.2 Å². The summed E-state index contributed by atoms with van der Waals surface area (Å²) in [5, 5.41) is 20.2. The summed E-state index contributed by atoms with van der Waals surface area (Å²) in [5.74, 6) is 0.456. The number of carbonyl (C=O) groups is 3. The summed E-state index contributed by atoms with van der Waals surface area (Å²) in [6.07, 6.45) is 2.58. The second-order valence-corrected chi connectivity index (χ2v) is 14.5. The van der Waals surface area contributed by atoms with Crippen LogP contribution in [0.25, 0.3) is 22.0 Å². The van der Waals surface area contributed by atoms with Crippen LogP contribution in [0.3, 0.4) is 0 Å². The zero-order valence-electron chi connectivity index (χ0n) is 33.1. The molecule has 1 fully saturated rings. The molecule has 0 spiro atoms. The van der Waals surface area contributed by atoms with Crippen LogP contribution in [0.2, 0.25) is 0 Å². The van der Waals surface area contributed by atoms with Crippen LogP contribution in [-0.2, 0) is 27.3 Å². The van der Waals surface area contributed by atoms with Crippen molar-refractivity contribution in [1.29, 1.82) is 0 Å². The van der Waals surface area contributed by atoms with Gasteiger partial charge in [0.1, 0.15) is 17.6 Å². The molecule has 1 saturated heterocycles. The smallest absolute Gasteiger partial charge is 0.411 e. The van der Waals surface area contributed by atoms with E-state index in [2.05, 4.69) is 25.8 Å². The number of aromatic nitrogens is 1. The molecule has 58 heavy (non-hydrogen) atoms. The van der Waals surface area contributed by atoms with Crippen LogP contribution in [-0.4, -0.2) is 90.8 Å². The normalized spacial score (nSPS) is 13.2. The summed E-state index contributed by atoms with van der Waals surface area (Å²) >= 11 is 0. The Morgan fingerprint density at radius 2 is 1.67 bits per heavy atom. The topological polar surface area (TPSA) is 165 Å². The lowest BCUT2D eigenvalue weighted by Gasteiger charge is -2.31. The number of nitrogens with zero attached hydrogens (tertiary/aromatic N) is 2. The molecule has 1 aliphatic rings. The number of hydrogen-bond acceptors (Lipinski definition) is 9. The highest BCUT2D eigenvalue weighted by molar-refractivity contribution is 5.93. The van der Waals surface area contributed by atoms with Gasteiger partial charge >= 0.3 is 6.09 Å². The monoisotopic (exact) mass is 788 g/mol. The molecule has 13 heteroatoms. The zero-order chi connectivity index (χ0) is 40.9. The SMILES string of the molecule is COc1cc(CNCCc2ccc(O)c3[nH]c(=O)ccc23)ccc1NC(=O)CCCN(C)C(=O)CCN1CCC(OC(=O)Nc2ccccc2-c2ccccc2)CC1. The number of likely N-dealkylation sites (tertiary alicyclic amines) is 1. The lowest BCUT2D eigenvalue weighted by Crippen LogP contribution is -2.40. The Morgan fingerprint density at radius 1 is 0.897 bits per heavy atom. The number of amides is 3. The van der Waals surface area contributed by atoms with Gasteiger partial charge in [-0.1, -0.05) is 60.7 Å². The number of aromatic amines is 1. The third-order valence-corrected chi connectivity index (χ3v) is 10.4. The third-order valence-electron chi connectivity index (χ3n) is 10.4. The number of fused-ring (bicyclic) bond motifs is 1. The summed E-state index contributed by atoms with van der Waals surface area (Å²) in [6.45, 7) is 3.80. The van der Waals surface area contributed by atoms with E-state index in [1.807, 2.05) is 78.9 Å². The number of benzene rings is 4. The molecule has 13 nitrogen and oxygen atoms in total. The van der Waals surface area contributed by atoms with Gasteiger partial charge in [-0.3, -0.25) is 19.7 Å². The number of aromatic hydroxyl groups is 1. The number of H-pyrrole nitrogens is 1. The molecule has 304 valence electrons. The minimum atomic E-state index is -0.468. The summed E-state index contributed by atoms with van der Waals surface area (Å²) < 4.78 is 11.3. The molecule has 0 saturated carbocycles. The maximum absolute atomic E-state index is 12.9. The van der Waals surface area contributed by atoms with Gasteiger partial charge in [0.2, 0.25) is 17.4 Å². The average Bonchev–Trinajstić information content (AvgIpc) is 3.23. The lowest BCUT2D eigenvalue weighted by atomic mass is 10.0. The molecule has 0 unspecified atom stereocenters. The van der Waals surface area contributed by atoms with E-state index in [1.54, 1.807) is 31.2 Å². The van der Waals surface area contributed by atoms with Crippen molar-refractivity contribution < 1.29 is 29.0 Å². The first-order valence-electron chi connectivity index (χ1n) is 19.8. The van der Waals surface area contributed by atoms with Crippen molar-refractivity contribution in [3.05, 3.63) is 119 Å². The van der Waals surface area contributed by atoms with Crippen LogP contribution >= 0.6 is 0 Å². The molecular formula is C45H52N6O7. The predicted octanol–water partition coefficient (Wildman–Crippen LogP) is 6.52. The molecule has 0 bridgehead atoms. The maximum Gasteiger partial charge on any atom is 0.411 e. The van der Waals surface area contributed by atoms with E-state index in [0.29, 0.717) is 80.9 Å². The Hall–Kier alpha value is -6.18. The number of para-hydroxylation sites is 1. The summed E-state index contributed by atoms with van der Waals surface area (Å²) in [7, 11) is 3.32. The van der Waals surface area contributed by atoms with E-state index in [0.717, 1.165) is 40.7 Å². The second-order valence-electron chi connectivity index (χ2n) is 14.5. The molecule has 6 rings (SSSR count). The van der Waals surface area contributed by atoms with Crippen LogP contribution in [0.4, 0.5) is 16.2 Å². The first kappa shape index (κ1) is 41.5. The van der Waals surface area contributed by atoms with Gasteiger partial charge in [-0.2, -0.15) is 0 Å². The number of phenols is 1. The van der Waals surface area contributed by atoms with E-state index in [9.17, 15) is 24.3 Å². The van der Waals surface area contributed by atoms with Gasteiger partial charge in [0.25, 0.3) is 0 Å². The fourth-order valence-electron chi connectivity index (χ4n) is 7.18. The molecule has 0 atom stereocenters. The Labute approximate surface area is 338 Å². The van der Waals surface area contributed by atoms with E-state index in [4.69, 9.17) is 9.47 Å². The number of ether oxygens (including phenoxy) is 2.